The Balaban J connectivity index is 1.49. The topological polar surface area (TPSA) is 40.8 Å². The van der Waals surface area contributed by atoms with Crippen LogP contribution >= 0.6 is 0 Å². The first-order valence-electron chi connectivity index (χ1n) is 8.67. The number of fused-ring (bicyclic) bond motifs is 1. The third kappa shape index (κ3) is 1.94. The van der Waals surface area contributed by atoms with E-state index in [1.165, 1.54) is 9.80 Å². The number of benzene rings is 1. The molecule has 0 spiro atoms. The van der Waals surface area contributed by atoms with Gasteiger partial charge in [-0.1, -0.05) is 24.3 Å². The summed E-state index contributed by atoms with van der Waals surface area (Å²) >= 11 is 0. The molecule has 3 saturated carbocycles. The first-order chi connectivity index (χ1) is 12.8. The van der Waals surface area contributed by atoms with Crippen LogP contribution in [-0.4, -0.2) is 40.3 Å². The fourth-order valence-electron chi connectivity index (χ4n) is 4.95. The largest absolute Gasteiger partial charge is 0.394 e. The number of carbonyl (C=O) groups excluding carboxylic acids is 1. The Kier molecular flexibility index (Phi) is 2.98. The number of nitrogens with zero attached hydrogens (tertiary/aromatic N) is 4. The maximum atomic E-state index is 13.2. The number of amides is 2. The Bertz CT molecular complexity index is 987. The number of anilines is 1. The molecule has 1 atom stereocenters. The molecule has 2 amide bonds. The number of carbonyl (C=O) groups is 1. The van der Waals surface area contributed by atoms with E-state index >= 15 is 0 Å². The number of alkyl halides is 3. The molecular formula is C19H15F3N4O. The predicted molar refractivity (Wildman–Crippen MR) is 91.8 cm³/mol. The summed E-state index contributed by atoms with van der Waals surface area (Å²) in [5, 5.41) is 1.63. The monoisotopic (exact) mass is 372 g/mol. The summed E-state index contributed by atoms with van der Waals surface area (Å²) in [5.74, 6) is 0. The third-order valence-electron chi connectivity index (χ3n) is 6.31. The maximum Gasteiger partial charge on any atom is 0.394 e. The van der Waals surface area contributed by atoms with Crippen molar-refractivity contribution in [3.8, 4) is 0 Å². The van der Waals surface area contributed by atoms with Gasteiger partial charge < -0.3 is 4.90 Å². The van der Waals surface area contributed by atoms with Gasteiger partial charge in [0.05, 0.1) is 17.3 Å². The molecule has 138 valence electrons. The average Bonchev–Trinajstić information content (AvgIpc) is 2.87. The van der Waals surface area contributed by atoms with Gasteiger partial charge >= 0.3 is 18.4 Å². The quantitative estimate of drug-likeness (QED) is 0.741. The fraction of sp³-hybridized carbons (Fsp3) is 0.421. The number of rotatable bonds is 2. The molecule has 5 nitrogen and oxygen atoms in total. The van der Waals surface area contributed by atoms with E-state index < -0.39 is 29.3 Å². The number of urea groups is 1. The first kappa shape index (κ1) is 16.4. The van der Waals surface area contributed by atoms with Crippen molar-refractivity contribution in [3.63, 3.8) is 0 Å². The molecule has 1 aliphatic heterocycles. The Hall–Kier alpha value is -2.82. The normalized spacial score (nSPS) is 32.2. The molecule has 2 bridgehead atoms. The highest BCUT2D eigenvalue weighted by molar-refractivity contribution is 6.04. The van der Waals surface area contributed by atoms with Crippen LogP contribution in [0.3, 0.4) is 0 Å². The first-order valence-corrected chi connectivity index (χ1v) is 8.67. The molecule has 2 aromatic rings. The van der Waals surface area contributed by atoms with Crippen molar-refractivity contribution in [1.29, 1.82) is 0 Å². The molecule has 1 aromatic heterocycles. The summed E-state index contributed by atoms with van der Waals surface area (Å²) in [6.45, 7) is 7.63. The molecular weight excluding hydrogens is 357 g/mol. The molecule has 2 heterocycles. The smallest absolute Gasteiger partial charge is 0.308 e. The zero-order chi connectivity index (χ0) is 19.0. The molecule has 0 radical (unpaired) electrons. The zero-order valence-corrected chi connectivity index (χ0v) is 14.2. The van der Waals surface area contributed by atoms with Crippen LogP contribution in [0.1, 0.15) is 19.3 Å². The van der Waals surface area contributed by atoms with E-state index in [1.807, 2.05) is 24.3 Å². The van der Waals surface area contributed by atoms with Crippen LogP contribution in [0.5, 0.6) is 0 Å². The van der Waals surface area contributed by atoms with Crippen LogP contribution in [0.4, 0.5) is 23.7 Å². The maximum absolute atomic E-state index is 13.2. The minimum Gasteiger partial charge on any atom is -0.308 e. The second-order valence-corrected chi connectivity index (χ2v) is 7.79. The van der Waals surface area contributed by atoms with Crippen molar-refractivity contribution >= 4 is 22.5 Å². The highest BCUT2D eigenvalue weighted by Crippen LogP contribution is 2.75. The number of hydrogen-bond donors (Lipinski definition) is 0. The summed E-state index contributed by atoms with van der Waals surface area (Å²) in [6.07, 6.45) is -1.93. The van der Waals surface area contributed by atoms with Crippen molar-refractivity contribution in [2.45, 2.75) is 37.1 Å². The molecule has 1 saturated heterocycles. The van der Waals surface area contributed by atoms with Crippen LogP contribution in [0, 0.1) is 12.0 Å². The molecule has 27 heavy (non-hydrogen) atoms. The number of pyridine rings is 1. The summed E-state index contributed by atoms with van der Waals surface area (Å²) in [4.78, 5) is 23.8. The summed E-state index contributed by atoms with van der Waals surface area (Å²) < 4.78 is 39.5. The minimum absolute atomic E-state index is 0.0540. The van der Waals surface area contributed by atoms with Crippen molar-refractivity contribution in [2.75, 3.05) is 11.4 Å². The van der Waals surface area contributed by atoms with Crippen molar-refractivity contribution in [3.05, 3.63) is 48.1 Å². The Morgan fingerprint density at radius 3 is 2.56 bits per heavy atom. The number of hydrogen-bond acceptors (Lipinski definition) is 2. The Morgan fingerprint density at radius 1 is 1.19 bits per heavy atom. The van der Waals surface area contributed by atoms with Gasteiger partial charge in [0.2, 0.25) is 0 Å². The van der Waals surface area contributed by atoms with Crippen molar-refractivity contribution in [1.82, 2.24) is 9.88 Å². The van der Waals surface area contributed by atoms with E-state index in [-0.39, 0.29) is 25.8 Å². The van der Waals surface area contributed by atoms with Gasteiger partial charge in [-0.15, -0.1) is 0 Å². The lowest BCUT2D eigenvalue weighted by Crippen LogP contribution is -2.79. The summed E-state index contributed by atoms with van der Waals surface area (Å²) in [6, 6.07) is 7.01. The van der Waals surface area contributed by atoms with Gasteiger partial charge in [-0.3, -0.25) is 9.83 Å². The minimum atomic E-state index is -4.23. The second-order valence-electron chi connectivity index (χ2n) is 7.79. The summed E-state index contributed by atoms with van der Waals surface area (Å²) in [7, 11) is 0. The van der Waals surface area contributed by atoms with E-state index in [4.69, 9.17) is 6.57 Å². The average molecular weight is 372 g/mol. The van der Waals surface area contributed by atoms with Crippen LogP contribution in [-0.2, 0) is 0 Å². The van der Waals surface area contributed by atoms with Gasteiger partial charge in [0.15, 0.2) is 0 Å². The van der Waals surface area contributed by atoms with Gasteiger partial charge in [0.1, 0.15) is 6.54 Å². The van der Waals surface area contributed by atoms with Gasteiger partial charge in [-0.05, 0) is 19.3 Å². The fourth-order valence-corrected chi connectivity index (χ4v) is 4.95. The lowest BCUT2D eigenvalue weighted by molar-refractivity contribution is -0.354. The highest BCUT2D eigenvalue weighted by Gasteiger charge is 2.81. The molecule has 8 heteroatoms. The van der Waals surface area contributed by atoms with Crippen LogP contribution in [0.25, 0.3) is 15.6 Å². The van der Waals surface area contributed by atoms with E-state index in [0.717, 1.165) is 10.8 Å². The van der Waals surface area contributed by atoms with E-state index in [0.29, 0.717) is 5.69 Å². The summed E-state index contributed by atoms with van der Waals surface area (Å²) in [5.41, 5.74) is -1.85. The number of aromatic nitrogens is 1. The SMILES string of the molecule is [C-]#[N+][C@@H]1CN(C23CC(C(F)(F)F)(C2)C3)C(=O)N1c1cncc2ccccc12. The molecule has 0 unspecified atom stereocenters. The van der Waals surface area contributed by atoms with Crippen molar-refractivity contribution in [2.24, 2.45) is 5.41 Å². The van der Waals surface area contributed by atoms with Crippen LogP contribution in [0.15, 0.2) is 36.7 Å². The van der Waals surface area contributed by atoms with Crippen molar-refractivity contribution < 1.29 is 18.0 Å². The van der Waals surface area contributed by atoms with Crippen LogP contribution in [0.2, 0.25) is 0 Å². The zero-order valence-electron chi connectivity index (χ0n) is 14.2. The van der Waals surface area contributed by atoms with E-state index in [9.17, 15) is 18.0 Å². The molecule has 0 N–H and O–H groups in total. The van der Waals surface area contributed by atoms with Gasteiger partial charge in [0, 0.05) is 22.5 Å². The third-order valence-corrected chi connectivity index (χ3v) is 6.31. The lowest BCUT2D eigenvalue weighted by Gasteiger charge is -2.72. The van der Waals surface area contributed by atoms with E-state index in [2.05, 4.69) is 9.83 Å². The lowest BCUT2D eigenvalue weighted by atomic mass is 9.38. The molecule has 4 aliphatic rings. The Labute approximate surface area is 153 Å². The van der Waals surface area contributed by atoms with Gasteiger partial charge in [-0.2, -0.15) is 13.2 Å². The highest BCUT2D eigenvalue weighted by atomic mass is 19.4. The second kappa shape index (κ2) is 4.91. The molecule has 4 fully saturated rings. The predicted octanol–water partition coefficient (Wildman–Crippen LogP) is 4.21. The van der Waals surface area contributed by atoms with E-state index in [1.54, 1.807) is 12.4 Å². The van der Waals surface area contributed by atoms with Gasteiger partial charge in [-0.25, -0.2) is 16.3 Å². The molecule has 3 aliphatic carbocycles. The number of halogens is 3. The Morgan fingerprint density at radius 2 is 1.89 bits per heavy atom. The molecule has 6 rings (SSSR count). The van der Waals surface area contributed by atoms with Crippen LogP contribution < -0.4 is 4.90 Å². The standard InChI is InChI=1S/C19H15F3N4O/c1-23-15-8-25(18-9-17(10-18,11-18)19(20,21)22)16(27)26(15)14-7-24-6-12-4-2-3-5-13(12)14/h2-7,15H,8-11H2/t15-,17?,18?/m0/s1. The molecule has 1 aromatic carbocycles. The van der Waals surface area contributed by atoms with Gasteiger partial charge in [0.25, 0.3) is 0 Å².